The average Bonchev–Trinajstić information content (AvgIpc) is 3.35. The first-order valence-corrected chi connectivity index (χ1v) is 10.9. The van der Waals surface area contributed by atoms with Crippen molar-refractivity contribution in [3.63, 3.8) is 0 Å². The quantitative estimate of drug-likeness (QED) is 0.351. The summed E-state index contributed by atoms with van der Waals surface area (Å²) in [5.74, 6) is 2.34. The lowest BCUT2D eigenvalue weighted by atomic mass is 10.1. The van der Waals surface area contributed by atoms with E-state index in [0.717, 1.165) is 45.1 Å². The molecule has 6 heteroatoms. The average molecular weight is 421 g/mol. The fourth-order valence-electron chi connectivity index (χ4n) is 3.53. The molecule has 0 saturated carbocycles. The van der Waals surface area contributed by atoms with Crippen molar-refractivity contribution in [1.29, 1.82) is 0 Å². The number of hydrogen-bond acceptors (Lipinski definition) is 5. The Morgan fingerprint density at radius 3 is 2.67 bits per heavy atom. The largest absolute Gasteiger partial charge is 0.461 e. The van der Waals surface area contributed by atoms with Crippen molar-refractivity contribution < 1.29 is 13.7 Å². The zero-order valence-corrected chi connectivity index (χ0v) is 18.2. The number of furan rings is 1. The number of aromatic nitrogens is 1. The molecule has 0 fully saturated rings. The van der Waals surface area contributed by atoms with E-state index in [1.165, 1.54) is 0 Å². The lowest BCUT2D eigenvalue weighted by Crippen LogP contribution is -2.27. The maximum Gasteiger partial charge on any atom is 0.255 e. The number of carbonyl (C=O) groups is 1. The van der Waals surface area contributed by atoms with Gasteiger partial charge in [-0.25, -0.2) is 0 Å². The third-order valence-electron chi connectivity index (χ3n) is 5.01. The van der Waals surface area contributed by atoms with Crippen LogP contribution >= 0.6 is 11.8 Å². The zero-order chi connectivity index (χ0) is 21.1. The number of rotatable bonds is 7. The highest BCUT2D eigenvalue weighted by Gasteiger charge is 2.20. The van der Waals surface area contributed by atoms with E-state index in [9.17, 15) is 4.79 Å². The number of aryl methyl sites for hydroxylation is 2. The van der Waals surface area contributed by atoms with E-state index in [0.29, 0.717) is 17.9 Å². The Bertz CT molecular complexity index is 1180. The number of hydrogen-bond donors (Lipinski definition) is 0. The molecule has 0 aliphatic heterocycles. The van der Waals surface area contributed by atoms with Crippen molar-refractivity contribution in [2.75, 3.05) is 7.05 Å². The molecule has 2 aromatic heterocycles. The van der Waals surface area contributed by atoms with Gasteiger partial charge in [-0.3, -0.25) is 4.79 Å². The van der Waals surface area contributed by atoms with Crippen molar-refractivity contribution in [2.45, 2.75) is 37.5 Å². The summed E-state index contributed by atoms with van der Waals surface area (Å²) in [6.45, 7) is 4.47. The highest BCUT2D eigenvalue weighted by molar-refractivity contribution is 7.98. The van der Waals surface area contributed by atoms with E-state index in [-0.39, 0.29) is 5.91 Å². The number of nitrogens with zero attached hydrogens (tertiary/aromatic N) is 2. The minimum Gasteiger partial charge on any atom is -0.461 e. The Morgan fingerprint density at radius 1 is 1.13 bits per heavy atom. The highest BCUT2D eigenvalue weighted by atomic mass is 32.2. The van der Waals surface area contributed by atoms with E-state index in [1.807, 2.05) is 62.5 Å². The van der Waals surface area contributed by atoms with E-state index in [1.54, 1.807) is 16.7 Å². The van der Waals surface area contributed by atoms with Gasteiger partial charge >= 0.3 is 0 Å². The van der Waals surface area contributed by atoms with Gasteiger partial charge in [0.1, 0.15) is 17.1 Å². The van der Waals surface area contributed by atoms with Gasteiger partial charge in [-0.05, 0) is 25.1 Å². The van der Waals surface area contributed by atoms with Crippen LogP contribution in [0.25, 0.3) is 11.0 Å². The summed E-state index contributed by atoms with van der Waals surface area (Å²) in [5.41, 5.74) is 3.48. The van der Waals surface area contributed by atoms with Gasteiger partial charge in [-0.1, -0.05) is 42.4 Å². The summed E-state index contributed by atoms with van der Waals surface area (Å²) in [7, 11) is 1.84. The van der Waals surface area contributed by atoms with Crippen LogP contribution in [-0.4, -0.2) is 23.0 Å². The van der Waals surface area contributed by atoms with Crippen molar-refractivity contribution in [2.24, 2.45) is 0 Å². The molecule has 2 aromatic carbocycles. The monoisotopic (exact) mass is 420 g/mol. The van der Waals surface area contributed by atoms with Crippen LogP contribution in [0.4, 0.5) is 0 Å². The van der Waals surface area contributed by atoms with Gasteiger partial charge in [-0.2, -0.15) is 0 Å². The van der Waals surface area contributed by atoms with E-state index in [4.69, 9.17) is 8.94 Å². The van der Waals surface area contributed by atoms with Gasteiger partial charge < -0.3 is 13.8 Å². The second-order valence-corrected chi connectivity index (χ2v) is 8.25. The Kier molecular flexibility index (Phi) is 5.95. The van der Waals surface area contributed by atoms with Crippen LogP contribution in [0.5, 0.6) is 0 Å². The van der Waals surface area contributed by atoms with Gasteiger partial charge in [0.2, 0.25) is 0 Å². The maximum absolute atomic E-state index is 13.3. The molecule has 5 nitrogen and oxygen atoms in total. The fourth-order valence-corrected chi connectivity index (χ4v) is 4.44. The minimum absolute atomic E-state index is 0.0146. The molecular formula is C24H24N2O3S. The molecule has 4 rings (SSSR count). The Hall–Kier alpha value is -2.99. The third kappa shape index (κ3) is 4.14. The molecule has 2 heterocycles. The smallest absolute Gasteiger partial charge is 0.255 e. The second-order valence-electron chi connectivity index (χ2n) is 7.23. The summed E-state index contributed by atoms with van der Waals surface area (Å²) >= 11 is 1.58. The minimum atomic E-state index is -0.0146. The number of carbonyl (C=O) groups excluding carboxylic acids is 1. The van der Waals surface area contributed by atoms with Crippen LogP contribution in [0, 0.1) is 6.92 Å². The number of benzene rings is 2. The van der Waals surface area contributed by atoms with Gasteiger partial charge in [0, 0.05) is 41.9 Å². The van der Waals surface area contributed by atoms with Crippen LogP contribution in [0.1, 0.15) is 40.1 Å². The van der Waals surface area contributed by atoms with E-state index >= 15 is 0 Å². The van der Waals surface area contributed by atoms with Crippen molar-refractivity contribution in [3.8, 4) is 0 Å². The summed E-state index contributed by atoms with van der Waals surface area (Å²) in [4.78, 5) is 16.0. The van der Waals surface area contributed by atoms with E-state index in [2.05, 4.69) is 18.1 Å². The molecule has 0 N–H and O–H groups in total. The van der Waals surface area contributed by atoms with Gasteiger partial charge in [-0.15, -0.1) is 11.8 Å². The second kappa shape index (κ2) is 8.79. The van der Waals surface area contributed by atoms with Crippen molar-refractivity contribution >= 4 is 28.6 Å². The molecule has 0 aliphatic carbocycles. The number of amides is 1. The molecule has 4 aromatic rings. The molecule has 0 atom stereocenters. The van der Waals surface area contributed by atoms with E-state index < -0.39 is 0 Å². The van der Waals surface area contributed by atoms with Crippen molar-refractivity contribution in [3.05, 3.63) is 82.9 Å². The third-order valence-corrected chi connectivity index (χ3v) is 6.11. The Balaban J connectivity index is 1.55. The topological polar surface area (TPSA) is 59.5 Å². The predicted octanol–water partition coefficient (Wildman–Crippen LogP) is 5.86. The standard InChI is InChI=1S/C24H24N2O3S/c1-4-21-20(18-9-5-7-11-22(18)28-21)14-26(3)24(27)19-10-6-8-12-23(19)30-15-17-13-16(2)25-29-17/h5-13H,4,14-15H2,1-3H3. The Morgan fingerprint density at radius 2 is 1.90 bits per heavy atom. The summed E-state index contributed by atoms with van der Waals surface area (Å²) in [5, 5.41) is 4.99. The zero-order valence-electron chi connectivity index (χ0n) is 17.3. The molecule has 154 valence electrons. The van der Waals surface area contributed by atoms with Crippen LogP contribution < -0.4 is 0 Å². The molecule has 0 unspecified atom stereocenters. The number of thioether (sulfide) groups is 1. The van der Waals surface area contributed by atoms with Gasteiger partial charge in [0.15, 0.2) is 0 Å². The SMILES string of the molecule is CCc1oc2ccccc2c1CN(C)C(=O)c1ccccc1SCc1cc(C)no1. The number of para-hydroxylation sites is 1. The molecule has 0 radical (unpaired) electrons. The van der Waals surface area contributed by atoms with Crippen LogP contribution in [-0.2, 0) is 18.7 Å². The molecule has 0 spiro atoms. The lowest BCUT2D eigenvalue weighted by Gasteiger charge is -2.19. The predicted molar refractivity (Wildman–Crippen MR) is 119 cm³/mol. The summed E-state index contributed by atoms with van der Waals surface area (Å²) in [6, 6.07) is 17.6. The van der Waals surface area contributed by atoms with Crippen LogP contribution in [0.2, 0.25) is 0 Å². The molecule has 1 amide bonds. The van der Waals surface area contributed by atoms with Gasteiger partial charge in [0.05, 0.1) is 17.0 Å². The highest BCUT2D eigenvalue weighted by Crippen LogP contribution is 2.30. The number of fused-ring (bicyclic) bond motifs is 1. The first-order chi connectivity index (χ1) is 14.6. The first kappa shape index (κ1) is 20.3. The molecule has 0 bridgehead atoms. The molecule has 0 saturated heterocycles. The molecule has 30 heavy (non-hydrogen) atoms. The first-order valence-electron chi connectivity index (χ1n) is 9.95. The maximum atomic E-state index is 13.3. The molecule has 0 aliphatic rings. The van der Waals surface area contributed by atoms with Crippen molar-refractivity contribution in [1.82, 2.24) is 10.1 Å². The summed E-state index contributed by atoms with van der Waals surface area (Å²) in [6.07, 6.45) is 0.787. The fraction of sp³-hybridized carbons (Fsp3) is 0.250. The Labute approximate surface area is 180 Å². The summed E-state index contributed by atoms with van der Waals surface area (Å²) < 4.78 is 11.3. The van der Waals surface area contributed by atoms with Gasteiger partial charge in [0.25, 0.3) is 5.91 Å². The molecular weight excluding hydrogens is 396 g/mol. The lowest BCUT2D eigenvalue weighted by molar-refractivity contribution is 0.0781. The van der Waals surface area contributed by atoms with Crippen LogP contribution in [0.15, 0.2) is 68.4 Å². The van der Waals surface area contributed by atoms with Crippen LogP contribution in [0.3, 0.4) is 0 Å². The normalized spacial score (nSPS) is 11.2.